The van der Waals surface area contributed by atoms with Crippen LogP contribution in [0.25, 0.3) is 0 Å². The lowest BCUT2D eigenvalue weighted by molar-refractivity contribution is -0.870. The highest BCUT2D eigenvalue weighted by Gasteiger charge is 2.22. The number of likely N-dealkylation sites (N-methyl/N-ethyl adjacent to an activating group) is 1. The van der Waals surface area contributed by atoms with Gasteiger partial charge in [-0.1, -0.05) is 283 Å². The molecular formula is C76H129NO8. The Kier molecular flexibility index (Phi) is 62.3. The summed E-state index contributed by atoms with van der Waals surface area (Å²) in [5.41, 5.74) is 0. The van der Waals surface area contributed by atoms with Gasteiger partial charge in [-0.15, -0.1) is 0 Å². The van der Waals surface area contributed by atoms with Crippen molar-refractivity contribution in [2.45, 2.75) is 296 Å². The lowest BCUT2D eigenvalue weighted by Crippen LogP contribution is -2.44. The predicted molar refractivity (Wildman–Crippen MR) is 361 cm³/mol. The molecule has 0 aromatic rings. The number of esters is 2. The van der Waals surface area contributed by atoms with Crippen LogP contribution in [0.2, 0.25) is 0 Å². The van der Waals surface area contributed by atoms with Gasteiger partial charge >= 0.3 is 11.9 Å². The first-order chi connectivity index (χ1) is 41.6. The number of unbranched alkanes of at least 4 members (excludes halogenated alkanes) is 28. The molecule has 0 aliphatic rings. The first-order valence-electron chi connectivity index (χ1n) is 34.7. The predicted octanol–water partition coefficient (Wildman–Crippen LogP) is 20.2. The van der Waals surface area contributed by atoms with Crippen LogP contribution in [0, 0.1) is 0 Å². The Labute approximate surface area is 523 Å². The quantitative estimate of drug-likeness (QED) is 0.0195. The molecule has 2 unspecified atom stereocenters. The van der Waals surface area contributed by atoms with Gasteiger partial charge in [0.25, 0.3) is 0 Å². The van der Waals surface area contributed by atoms with Crippen molar-refractivity contribution in [2.75, 3.05) is 47.5 Å². The molecule has 0 amide bonds. The number of hydrogen-bond acceptors (Lipinski definition) is 8. The second kappa shape index (κ2) is 65.7. The molecule has 0 saturated heterocycles. The smallest absolute Gasteiger partial charge is 0.306 e. The van der Waals surface area contributed by atoms with Gasteiger partial charge in [0.05, 0.1) is 40.3 Å². The van der Waals surface area contributed by atoms with E-state index < -0.39 is 24.3 Å². The molecule has 9 heteroatoms. The second-order valence-corrected chi connectivity index (χ2v) is 24.1. The normalized spacial score (nSPS) is 13.5. The van der Waals surface area contributed by atoms with Crippen molar-refractivity contribution in [3.63, 3.8) is 0 Å². The van der Waals surface area contributed by atoms with E-state index in [1.165, 1.54) is 154 Å². The largest absolute Gasteiger partial charge is 0.545 e. The molecule has 0 saturated carbocycles. The Morgan fingerprint density at radius 2 is 0.671 bits per heavy atom. The van der Waals surface area contributed by atoms with Crippen molar-refractivity contribution in [2.24, 2.45) is 0 Å². The van der Waals surface area contributed by atoms with Gasteiger partial charge in [0.2, 0.25) is 0 Å². The van der Waals surface area contributed by atoms with E-state index >= 15 is 0 Å². The fourth-order valence-electron chi connectivity index (χ4n) is 9.41. The number of nitrogens with zero attached hydrogens (tertiary/aromatic N) is 1. The Morgan fingerprint density at radius 3 is 1.02 bits per heavy atom. The minimum Gasteiger partial charge on any atom is -0.545 e. The monoisotopic (exact) mass is 1180 g/mol. The summed E-state index contributed by atoms with van der Waals surface area (Å²) in [6, 6.07) is 0. The van der Waals surface area contributed by atoms with Crippen LogP contribution in [-0.4, -0.2) is 82.3 Å². The average molecular weight is 1180 g/mol. The molecule has 0 heterocycles. The molecule has 0 spiro atoms. The zero-order valence-electron chi connectivity index (χ0n) is 55.4. The highest BCUT2D eigenvalue weighted by molar-refractivity contribution is 5.70. The van der Waals surface area contributed by atoms with Crippen LogP contribution in [0.15, 0.2) is 122 Å². The van der Waals surface area contributed by atoms with Crippen molar-refractivity contribution < 1.29 is 42.9 Å². The molecule has 85 heavy (non-hydrogen) atoms. The maximum Gasteiger partial charge on any atom is 0.306 e. The summed E-state index contributed by atoms with van der Waals surface area (Å²) >= 11 is 0. The standard InChI is InChI=1S/C76H129NO8/c1-6-8-10-12-14-16-18-20-22-24-26-28-30-32-34-36-37-39-41-43-45-47-49-51-53-55-57-59-61-63-65-67-74(79)85-72(71-84-76(75(80)81)82-69-68-77(3,4)5)70-83-73(78)66-64-62-60-58-56-54-52-50-48-46-44-42-40-38-35-33-31-29-27-25-23-21-19-17-15-13-11-9-7-2/h8,10,14,16,20,22,25-28,32,34,37,39,43,45,49,51,55,57,72,76H,6-7,9,11-13,15,17-19,21,23-24,29-31,33,35-36,38,40-42,44,46-48,50,52-54,56,58-71H2,1-5H3/b10-8-,16-14-,22-20-,27-25-,28-26-,34-32-,39-37-,45-43-,51-49-,57-55-. The Morgan fingerprint density at radius 1 is 0.365 bits per heavy atom. The van der Waals surface area contributed by atoms with Crippen LogP contribution in [-0.2, 0) is 33.3 Å². The lowest BCUT2D eigenvalue weighted by atomic mass is 10.0. The molecule has 0 bridgehead atoms. The Hall–Kier alpha value is -4.31. The van der Waals surface area contributed by atoms with Crippen molar-refractivity contribution in [1.29, 1.82) is 0 Å². The van der Waals surface area contributed by atoms with Gasteiger partial charge in [-0.3, -0.25) is 9.59 Å². The molecule has 9 nitrogen and oxygen atoms in total. The highest BCUT2D eigenvalue weighted by Crippen LogP contribution is 2.17. The number of rotatable bonds is 63. The van der Waals surface area contributed by atoms with Crippen molar-refractivity contribution in [3.05, 3.63) is 122 Å². The van der Waals surface area contributed by atoms with Crippen LogP contribution < -0.4 is 5.11 Å². The van der Waals surface area contributed by atoms with Crippen LogP contribution in [0.4, 0.5) is 0 Å². The van der Waals surface area contributed by atoms with Gasteiger partial charge < -0.3 is 33.3 Å². The maximum atomic E-state index is 12.9. The second-order valence-electron chi connectivity index (χ2n) is 24.1. The van der Waals surface area contributed by atoms with Gasteiger partial charge in [0.1, 0.15) is 13.2 Å². The lowest BCUT2D eigenvalue weighted by Gasteiger charge is -2.26. The number of carbonyl (C=O) groups is 3. The number of hydrogen-bond donors (Lipinski definition) is 0. The first kappa shape index (κ1) is 80.7. The summed E-state index contributed by atoms with van der Waals surface area (Å²) in [4.78, 5) is 37.5. The molecule has 0 aliphatic heterocycles. The third-order valence-electron chi connectivity index (χ3n) is 14.7. The maximum absolute atomic E-state index is 12.9. The Bertz CT molecular complexity index is 1810. The van der Waals surface area contributed by atoms with Crippen LogP contribution >= 0.6 is 0 Å². The summed E-state index contributed by atoms with van der Waals surface area (Å²) in [5.74, 6) is -2.33. The fraction of sp³-hybridized carbons (Fsp3) is 0.697. The molecular weight excluding hydrogens is 1050 g/mol. The summed E-state index contributed by atoms with van der Waals surface area (Å²) in [6.07, 6.45) is 89.9. The van der Waals surface area contributed by atoms with Gasteiger partial charge in [-0.05, 0) is 109 Å². The molecule has 0 fully saturated rings. The SMILES string of the molecule is CC/C=C\C/C=C\C/C=C\C/C=C\C/C=C\C/C=C\C/C=C\C/C=C\C/C=C\CCCCCC(=O)OC(COC(=O)CCCCCCCCCCCCCCCCCCC/C=C\CCCCCCCCCC)COC(OCC[N+](C)(C)C)C(=O)[O-]. The molecule has 0 rings (SSSR count). The zero-order chi connectivity index (χ0) is 61.9. The van der Waals surface area contributed by atoms with Gasteiger partial charge in [-0.2, -0.15) is 0 Å². The van der Waals surface area contributed by atoms with E-state index in [9.17, 15) is 19.5 Å². The molecule has 0 radical (unpaired) electrons. The van der Waals surface area contributed by atoms with Crippen molar-refractivity contribution in [3.8, 4) is 0 Å². The number of aliphatic carboxylic acids is 1. The summed E-state index contributed by atoms with van der Waals surface area (Å²) < 4.78 is 22.7. The zero-order valence-corrected chi connectivity index (χ0v) is 55.4. The molecule has 0 aliphatic carbocycles. The fourth-order valence-corrected chi connectivity index (χ4v) is 9.41. The minimum absolute atomic E-state index is 0.135. The average Bonchev–Trinajstić information content (AvgIpc) is 3.49. The number of ether oxygens (including phenoxy) is 4. The topological polar surface area (TPSA) is 111 Å². The molecule has 486 valence electrons. The van der Waals surface area contributed by atoms with Crippen LogP contribution in [0.5, 0.6) is 0 Å². The van der Waals surface area contributed by atoms with E-state index in [1.54, 1.807) is 0 Å². The van der Waals surface area contributed by atoms with E-state index in [0.29, 0.717) is 17.4 Å². The van der Waals surface area contributed by atoms with Crippen molar-refractivity contribution >= 4 is 17.9 Å². The summed E-state index contributed by atoms with van der Waals surface area (Å²) in [5, 5.41) is 11.8. The number of carboxylic acids is 1. The van der Waals surface area contributed by atoms with Crippen LogP contribution in [0.1, 0.15) is 284 Å². The van der Waals surface area contributed by atoms with E-state index in [2.05, 4.69) is 135 Å². The van der Waals surface area contributed by atoms with E-state index in [-0.39, 0.29) is 38.6 Å². The number of carbonyl (C=O) groups excluding carboxylic acids is 3. The highest BCUT2D eigenvalue weighted by atomic mass is 16.7. The molecule has 0 aromatic carbocycles. The van der Waals surface area contributed by atoms with E-state index in [1.807, 2.05) is 21.1 Å². The van der Waals surface area contributed by atoms with E-state index in [0.717, 1.165) is 96.3 Å². The van der Waals surface area contributed by atoms with Gasteiger partial charge in [0, 0.05) is 12.8 Å². The minimum atomic E-state index is -1.64. The summed E-state index contributed by atoms with van der Waals surface area (Å²) in [7, 11) is 5.91. The number of allylic oxidation sites excluding steroid dienone is 20. The third kappa shape index (κ3) is 67.1. The van der Waals surface area contributed by atoms with Crippen molar-refractivity contribution in [1.82, 2.24) is 0 Å². The van der Waals surface area contributed by atoms with Crippen LogP contribution in [0.3, 0.4) is 0 Å². The third-order valence-corrected chi connectivity index (χ3v) is 14.7. The Balaban J connectivity index is 4.23. The summed E-state index contributed by atoms with van der Waals surface area (Å²) in [6.45, 7) is 4.61. The first-order valence-corrected chi connectivity index (χ1v) is 34.7. The van der Waals surface area contributed by atoms with Gasteiger partial charge in [-0.25, -0.2) is 0 Å². The van der Waals surface area contributed by atoms with E-state index in [4.69, 9.17) is 18.9 Å². The van der Waals surface area contributed by atoms with Gasteiger partial charge in [0.15, 0.2) is 12.4 Å². The molecule has 0 aromatic heterocycles. The number of carboxylic acid groups (broad SMARTS) is 1. The number of quaternary nitrogens is 1. The molecule has 0 N–H and O–H groups in total. The molecule has 2 atom stereocenters.